The van der Waals surface area contributed by atoms with Gasteiger partial charge >= 0.3 is 0 Å². The number of para-hydroxylation sites is 2. The molecule has 1 aliphatic heterocycles. The Bertz CT molecular complexity index is 862. The van der Waals surface area contributed by atoms with E-state index in [0.29, 0.717) is 5.92 Å². The largest absolute Gasteiger partial charge is 0.330 e. The van der Waals surface area contributed by atoms with Gasteiger partial charge in [0.05, 0.1) is 17.6 Å². The summed E-state index contributed by atoms with van der Waals surface area (Å²) in [5, 5.41) is 0. The molecule has 0 saturated carbocycles. The predicted molar refractivity (Wildman–Crippen MR) is 94.9 cm³/mol. The average Bonchev–Trinajstić information content (AvgIpc) is 3.13. The number of nitrogens with zero attached hydrogens (tertiary/aromatic N) is 5. The van der Waals surface area contributed by atoms with Crippen molar-refractivity contribution in [3.63, 3.8) is 0 Å². The van der Waals surface area contributed by atoms with Crippen LogP contribution in [-0.2, 0) is 13.6 Å². The van der Waals surface area contributed by atoms with E-state index in [1.807, 2.05) is 26.0 Å². The average molecular weight is 321 g/mol. The fourth-order valence-electron chi connectivity index (χ4n) is 3.66. The van der Waals surface area contributed by atoms with Gasteiger partial charge < -0.3 is 4.57 Å². The number of hydrogen-bond donors (Lipinski definition) is 0. The summed E-state index contributed by atoms with van der Waals surface area (Å²) < 4.78 is 2.20. The highest BCUT2D eigenvalue weighted by Gasteiger charge is 2.27. The summed E-state index contributed by atoms with van der Waals surface area (Å²) in [6, 6.07) is 10.4. The van der Waals surface area contributed by atoms with E-state index in [2.05, 4.69) is 44.7 Å². The van der Waals surface area contributed by atoms with E-state index in [1.165, 1.54) is 5.52 Å². The van der Waals surface area contributed by atoms with Crippen LogP contribution in [0.3, 0.4) is 0 Å². The Labute approximate surface area is 142 Å². The highest BCUT2D eigenvalue weighted by molar-refractivity contribution is 5.75. The minimum Gasteiger partial charge on any atom is -0.330 e. The second kappa shape index (κ2) is 5.98. The second-order valence-electron chi connectivity index (χ2n) is 6.81. The zero-order chi connectivity index (χ0) is 16.7. The minimum atomic E-state index is 0.429. The van der Waals surface area contributed by atoms with Crippen LogP contribution in [0.15, 0.2) is 30.3 Å². The van der Waals surface area contributed by atoms with Crippen molar-refractivity contribution in [2.75, 3.05) is 13.1 Å². The fourth-order valence-corrected chi connectivity index (χ4v) is 3.66. The van der Waals surface area contributed by atoms with E-state index >= 15 is 0 Å². The number of likely N-dealkylation sites (tertiary alicyclic amines) is 1. The lowest BCUT2D eigenvalue weighted by Crippen LogP contribution is -2.22. The summed E-state index contributed by atoms with van der Waals surface area (Å²) in [6.07, 6.45) is 1.12. The van der Waals surface area contributed by atoms with Gasteiger partial charge in [-0.25, -0.2) is 15.0 Å². The Hall–Kier alpha value is -2.27. The van der Waals surface area contributed by atoms with Crippen LogP contribution in [0.1, 0.15) is 35.4 Å². The first-order chi connectivity index (χ1) is 11.6. The summed E-state index contributed by atoms with van der Waals surface area (Å²) in [5.74, 6) is 2.55. The molecule has 1 aliphatic rings. The molecule has 0 spiro atoms. The van der Waals surface area contributed by atoms with E-state index in [1.54, 1.807) is 0 Å². The number of aromatic nitrogens is 4. The minimum absolute atomic E-state index is 0.429. The Balaban J connectivity index is 1.51. The Morgan fingerprint density at radius 2 is 1.83 bits per heavy atom. The Kier molecular flexibility index (Phi) is 3.81. The standard InChI is InChI=1S/C19H23N5/c1-13-10-14(2)21-19(20-13)15-8-9-24(11-15)12-18-22-16-6-4-5-7-17(16)23(18)3/h4-7,10,15H,8-9,11-12H2,1-3H3/t15-/m0/s1. The number of imidazole rings is 1. The first-order valence-corrected chi connectivity index (χ1v) is 8.55. The van der Waals surface area contributed by atoms with E-state index in [0.717, 1.165) is 54.6 Å². The molecule has 24 heavy (non-hydrogen) atoms. The van der Waals surface area contributed by atoms with Crippen LogP contribution in [0.5, 0.6) is 0 Å². The molecule has 124 valence electrons. The topological polar surface area (TPSA) is 46.8 Å². The van der Waals surface area contributed by atoms with Crippen LogP contribution in [0, 0.1) is 13.8 Å². The second-order valence-corrected chi connectivity index (χ2v) is 6.81. The molecule has 5 nitrogen and oxygen atoms in total. The Morgan fingerprint density at radius 3 is 2.58 bits per heavy atom. The third-order valence-electron chi connectivity index (χ3n) is 4.88. The third-order valence-corrected chi connectivity index (χ3v) is 4.88. The maximum absolute atomic E-state index is 4.79. The van der Waals surface area contributed by atoms with Crippen LogP contribution in [0.25, 0.3) is 11.0 Å². The molecule has 4 rings (SSSR count). The zero-order valence-corrected chi connectivity index (χ0v) is 14.5. The van der Waals surface area contributed by atoms with E-state index in [-0.39, 0.29) is 0 Å². The summed E-state index contributed by atoms with van der Waals surface area (Å²) >= 11 is 0. The van der Waals surface area contributed by atoms with Crippen molar-refractivity contribution in [1.29, 1.82) is 0 Å². The summed E-state index contributed by atoms with van der Waals surface area (Å²) in [5.41, 5.74) is 4.39. The van der Waals surface area contributed by atoms with Crippen LogP contribution in [0.4, 0.5) is 0 Å². The van der Waals surface area contributed by atoms with Crippen molar-refractivity contribution in [2.24, 2.45) is 7.05 Å². The van der Waals surface area contributed by atoms with Gasteiger partial charge in [0.1, 0.15) is 11.6 Å². The number of aryl methyl sites for hydroxylation is 3. The van der Waals surface area contributed by atoms with Crippen molar-refractivity contribution in [2.45, 2.75) is 32.7 Å². The van der Waals surface area contributed by atoms with Gasteiger partial charge in [-0.05, 0) is 45.0 Å². The maximum Gasteiger partial charge on any atom is 0.133 e. The maximum atomic E-state index is 4.79. The van der Waals surface area contributed by atoms with Crippen LogP contribution in [-0.4, -0.2) is 37.5 Å². The van der Waals surface area contributed by atoms with Crippen molar-refractivity contribution in [1.82, 2.24) is 24.4 Å². The monoisotopic (exact) mass is 321 g/mol. The number of rotatable bonds is 3. The highest BCUT2D eigenvalue weighted by Crippen LogP contribution is 2.26. The first kappa shape index (κ1) is 15.3. The summed E-state index contributed by atoms with van der Waals surface area (Å²) in [4.78, 5) is 16.6. The van der Waals surface area contributed by atoms with Gasteiger partial charge in [-0.15, -0.1) is 0 Å². The van der Waals surface area contributed by atoms with Gasteiger partial charge in [0.2, 0.25) is 0 Å². The highest BCUT2D eigenvalue weighted by atomic mass is 15.2. The third kappa shape index (κ3) is 2.80. The zero-order valence-electron chi connectivity index (χ0n) is 14.5. The van der Waals surface area contributed by atoms with Gasteiger partial charge in [-0.1, -0.05) is 12.1 Å². The van der Waals surface area contributed by atoms with Crippen molar-refractivity contribution in [3.8, 4) is 0 Å². The van der Waals surface area contributed by atoms with Crippen molar-refractivity contribution in [3.05, 3.63) is 53.4 Å². The molecule has 0 aliphatic carbocycles. The predicted octanol–water partition coefficient (Wildman–Crippen LogP) is 2.97. The van der Waals surface area contributed by atoms with Crippen LogP contribution in [0.2, 0.25) is 0 Å². The summed E-state index contributed by atoms with van der Waals surface area (Å²) in [6.45, 7) is 7.05. The molecular weight excluding hydrogens is 298 g/mol. The molecule has 0 bridgehead atoms. The molecule has 5 heteroatoms. The molecule has 1 atom stereocenters. The normalized spacial score (nSPS) is 18.5. The van der Waals surface area contributed by atoms with Crippen molar-refractivity contribution >= 4 is 11.0 Å². The van der Waals surface area contributed by atoms with Crippen molar-refractivity contribution < 1.29 is 0 Å². The van der Waals surface area contributed by atoms with E-state index in [9.17, 15) is 0 Å². The molecular formula is C19H23N5. The molecule has 0 N–H and O–H groups in total. The molecule has 0 radical (unpaired) electrons. The summed E-state index contributed by atoms with van der Waals surface area (Å²) in [7, 11) is 2.10. The molecule has 0 amide bonds. The quantitative estimate of drug-likeness (QED) is 0.744. The molecule has 0 unspecified atom stereocenters. The number of benzene rings is 1. The van der Waals surface area contributed by atoms with Crippen LogP contribution >= 0.6 is 0 Å². The van der Waals surface area contributed by atoms with E-state index < -0.39 is 0 Å². The fraction of sp³-hybridized carbons (Fsp3) is 0.421. The SMILES string of the molecule is Cc1cc(C)nc([C@H]2CCN(Cc3nc4ccccc4n3C)C2)n1. The lowest BCUT2D eigenvalue weighted by molar-refractivity contribution is 0.314. The van der Waals surface area contributed by atoms with Crippen LogP contribution < -0.4 is 0 Å². The van der Waals surface area contributed by atoms with Gasteiger partial charge in [-0.3, -0.25) is 4.90 Å². The molecule has 1 saturated heterocycles. The molecule has 3 aromatic rings. The van der Waals surface area contributed by atoms with Gasteiger partial charge in [0.25, 0.3) is 0 Å². The van der Waals surface area contributed by atoms with Gasteiger partial charge in [0, 0.05) is 30.9 Å². The smallest absolute Gasteiger partial charge is 0.133 e. The molecule has 1 aromatic carbocycles. The van der Waals surface area contributed by atoms with Gasteiger partial charge in [-0.2, -0.15) is 0 Å². The Morgan fingerprint density at radius 1 is 1.08 bits per heavy atom. The number of hydrogen-bond acceptors (Lipinski definition) is 4. The lowest BCUT2D eigenvalue weighted by Gasteiger charge is -2.15. The van der Waals surface area contributed by atoms with E-state index in [4.69, 9.17) is 4.98 Å². The molecule has 2 aromatic heterocycles. The first-order valence-electron chi connectivity index (χ1n) is 8.55. The number of fused-ring (bicyclic) bond motifs is 1. The molecule has 3 heterocycles. The molecule has 1 fully saturated rings. The van der Waals surface area contributed by atoms with Gasteiger partial charge in [0.15, 0.2) is 0 Å². The lowest BCUT2D eigenvalue weighted by atomic mass is 10.1.